The summed E-state index contributed by atoms with van der Waals surface area (Å²) in [4.78, 5) is 28.6. The molecular weight excluding hydrogens is 376 g/mol. The van der Waals surface area contributed by atoms with Crippen LogP contribution >= 0.6 is 0 Å². The van der Waals surface area contributed by atoms with Crippen molar-refractivity contribution in [3.05, 3.63) is 35.2 Å². The maximum Gasteiger partial charge on any atom is 0.270 e. The van der Waals surface area contributed by atoms with Crippen LogP contribution in [-0.4, -0.2) is 59.4 Å². The molecule has 0 radical (unpaired) electrons. The number of hydrogen-bond acceptors (Lipinski definition) is 6. The Labute approximate surface area is 167 Å². The Hall–Kier alpha value is -3.35. The minimum atomic E-state index is -1.30. The van der Waals surface area contributed by atoms with Crippen LogP contribution < -0.4 is 15.8 Å². The van der Waals surface area contributed by atoms with E-state index in [4.69, 9.17) is 15.2 Å². The first-order valence-corrected chi connectivity index (χ1v) is 8.91. The maximum absolute atomic E-state index is 12.4. The average molecular weight is 398 g/mol. The zero-order chi connectivity index (χ0) is 21.2. The van der Waals surface area contributed by atoms with Crippen LogP contribution in [0, 0.1) is 11.8 Å². The van der Waals surface area contributed by atoms with E-state index in [9.17, 15) is 14.7 Å². The minimum absolute atomic E-state index is 0.0654. The molecule has 29 heavy (non-hydrogen) atoms. The fourth-order valence-corrected chi connectivity index (χ4v) is 3.08. The van der Waals surface area contributed by atoms with Gasteiger partial charge in [0.25, 0.3) is 11.8 Å². The lowest BCUT2D eigenvalue weighted by Gasteiger charge is -2.14. The fraction of sp³-hybridized carbons (Fsp3) is 0.350. The number of hydrogen-bond donors (Lipinski definition) is 3. The number of amides is 2. The van der Waals surface area contributed by atoms with Gasteiger partial charge < -0.3 is 30.2 Å². The molecule has 0 saturated carbocycles. The number of imidazole rings is 1. The zero-order valence-electron chi connectivity index (χ0n) is 16.4. The lowest BCUT2D eigenvalue weighted by Crippen LogP contribution is -2.27. The molecule has 9 heteroatoms. The van der Waals surface area contributed by atoms with Crippen molar-refractivity contribution in [2.24, 2.45) is 5.73 Å². The molecule has 152 valence electrons. The molecule has 1 unspecified atom stereocenters. The van der Waals surface area contributed by atoms with Gasteiger partial charge in [-0.1, -0.05) is 11.8 Å². The van der Waals surface area contributed by atoms with Gasteiger partial charge in [-0.25, -0.2) is 4.98 Å². The Morgan fingerprint density at radius 1 is 1.48 bits per heavy atom. The topological polar surface area (TPSA) is 129 Å². The van der Waals surface area contributed by atoms with Gasteiger partial charge in [0, 0.05) is 19.7 Å². The molecule has 1 aromatic heterocycles. The molecule has 0 fully saturated rings. The number of benzene rings is 1. The lowest BCUT2D eigenvalue weighted by molar-refractivity contribution is 0.0274. The summed E-state index contributed by atoms with van der Waals surface area (Å²) in [6.07, 6.45) is 0. The molecule has 3 rings (SSSR count). The second kappa shape index (κ2) is 7.95. The fourth-order valence-electron chi connectivity index (χ4n) is 3.08. The highest BCUT2D eigenvalue weighted by Crippen LogP contribution is 2.34. The summed E-state index contributed by atoms with van der Waals surface area (Å²) in [6, 6.07) is 5.22. The summed E-state index contributed by atoms with van der Waals surface area (Å²) in [7, 11) is 2.95. The number of ether oxygens (including phenoxy) is 2. The summed E-state index contributed by atoms with van der Waals surface area (Å²) in [6.45, 7) is 2.22. The Balaban J connectivity index is 2.14. The second-order valence-electron chi connectivity index (χ2n) is 6.74. The van der Waals surface area contributed by atoms with Crippen LogP contribution in [0.15, 0.2) is 18.2 Å². The molecule has 9 nitrogen and oxygen atoms in total. The third kappa shape index (κ3) is 4.08. The molecule has 1 aromatic carbocycles. The number of rotatable bonds is 4. The molecule has 4 N–H and O–H groups in total. The minimum Gasteiger partial charge on any atom is -0.491 e. The Morgan fingerprint density at radius 2 is 2.24 bits per heavy atom. The Morgan fingerprint density at radius 3 is 2.90 bits per heavy atom. The zero-order valence-corrected chi connectivity index (χ0v) is 16.4. The first-order chi connectivity index (χ1) is 13.8. The van der Waals surface area contributed by atoms with Gasteiger partial charge in [0.1, 0.15) is 29.5 Å². The lowest BCUT2D eigenvalue weighted by atomic mass is 10.1. The van der Waals surface area contributed by atoms with Crippen molar-refractivity contribution in [2.45, 2.75) is 19.1 Å². The van der Waals surface area contributed by atoms with Gasteiger partial charge in [-0.3, -0.25) is 9.59 Å². The van der Waals surface area contributed by atoms with Crippen molar-refractivity contribution in [2.75, 3.05) is 27.4 Å². The molecule has 0 spiro atoms. The van der Waals surface area contributed by atoms with Crippen LogP contribution in [0.5, 0.6) is 5.75 Å². The highest BCUT2D eigenvalue weighted by atomic mass is 16.5. The smallest absolute Gasteiger partial charge is 0.270 e. The normalized spacial score (nSPS) is 14.2. The third-order valence-corrected chi connectivity index (χ3v) is 4.34. The van der Waals surface area contributed by atoms with Crippen molar-refractivity contribution >= 4 is 11.8 Å². The monoisotopic (exact) mass is 398 g/mol. The van der Waals surface area contributed by atoms with Gasteiger partial charge in [-0.05, 0) is 25.1 Å². The predicted molar refractivity (Wildman–Crippen MR) is 104 cm³/mol. The van der Waals surface area contributed by atoms with Crippen molar-refractivity contribution in [1.82, 2.24) is 14.9 Å². The van der Waals surface area contributed by atoms with Gasteiger partial charge in [0.15, 0.2) is 5.69 Å². The van der Waals surface area contributed by atoms with E-state index in [1.54, 1.807) is 29.7 Å². The van der Waals surface area contributed by atoms with E-state index in [0.29, 0.717) is 29.2 Å². The Bertz CT molecular complexity index is 1030. The molecule has 0 bridgehead atoms. The van der Waals surface area contributed by atoms with Crippen molar-refractivity contribution < 1.29 is 24.2 Å². The number of aliphatic hydroxyl groups is 1. The van der Waals surface area contributed by atoms with Crippen molar-refractivity contribution in [3.8, 4) is 29.0 Å². The van der Waals surface area contributed by atoms with E-state index in [2.05, 4.69) is 22.1 Å². The largest absolute Gasteiger partial charge is 0.491 e. The molecule has 1 atom stereocenters. The standard InChI is InChI=1S/C20H22N4O5/c1-20(27,11-28-3)7-6-12-4-5-14-13(10-12)18-23-15(17(21)25)16(19(26)22-2)24(18)8-9-29-14/h4-5,10,27H,8-9,11H2,1-3H3,(H2,21,25)(H,22,26). The number of primary amides is 1. The van der Waals surface area contributed by atoms with Gasteiger partial charge in [0.05, 0.1) is 18.7 Å². The van der Waals surface area contributed by atoms with Gasteiger partial charge in [0.2, 0.25) is 0 Å². The predicted octanol–water partition coefficient (Wildman–Crippen LogP) is 0.150. The van der Waals surface area contributed by atoms with E-state index >= 15 is 0 Å². The average Bonchev–Trinajstić information content (AvgIpc) is 2.97. The molecule has 2 aromatic rings. The van der Waals surface area contributed by atoms with E-state index in [1.165, 1.54) is 14.2 Å². The third-order valence-electron chi connectivity index (χ3n) is 4.34. The number of carbonyl (C=O) groups is 2. The maximum atomic E-state index is 12.4. The number of carbonyl (C=O) groups excluding carboxylic acids is 2. The summed E-state index contributed by atoms with van der Waals surface area (Å²) < 4.78 is 12.3. The van der Waals surface area contributed by atoms with Crippen LogP contribution in [0.2, 0.25) is 0 Å². The van der Waals surface area contributed by atoms with Crippen molar-refractivity contribution in [1.29, 1.82) is 0 Å². The summed E-state index contributed by atoms with van der Waals surface area (Å²) in [5.74, 6) is 5.34. The first kappa shape index (κ1) is 20.4. The van der Waals surface area contributed by atoms with E-state index in [0.717, 1.165) is 0 Å². The SMILES string of the molecule is CNC(=O)c1c(C(N)=O)nc2n1CCOc1ccc(C#CC(C)(O)COC)cc1-2. The summed E-state index contributed by atoms with van der Waals surface area (Å²) in [5.41, 5.74) is 5.29. The molecular formula is C20H22N4O5. The second-order valence-corrected chi connectivity index (χ2v) is 6.74. The number of nitrogens with zero attached hydrogens (tertiary/aromatic N) is 2. The molecule has 2 heterocycles. The number of fused-ring (bicyclic) bond motifs is 3. The van der Waals surface area contributed by atoms with Gasteiger partial charge >= 0.3 is 0 Å². The molecule has 0 saturated heterocycles. The van der Waals surface area contributed by atoms with Crippen LogP contribution in [-0.2, 0) is 11.3 Å². The molecule has 1 aliphatic rings. The Kier molecular flexibility index (Phi) is 5.59. The number of nitrogens with two attached hydrogens (primary N) is 1. The number of aromatic nitrogens is 2. The summed E-state index contributed by atoms with van der Waals surface area (Å²) in [5, 5.41) is 12.7. The molecule has 2 amide bonds. The molecule has 0 aliphatic carbocycles. The van der Waals surface area contributed by atoms with E-state index in [-0.39, 0.29) is 24.6 Å². The first-order valence-electron chi connectivity index (χ1n) is 8.91. The number of methoxy groups -OCH3 is 1. The highest BCUT2D eigenvalue weighted by Gasteiger charge is 2.29. The molecule has 1 aliphatic heterocycles. The van der Waals surface area contributed by atoms with Crippen LogP contribution in [0.3, 0.4) is 0 Å². The quantitative estimate of drug-likeness (QED) is 0.629. The van der Waals surface area contributed by atoms with Gasteiger partial charge in [-0.2, -0.15) is 0 Å². The van der Waals surface area contributed by atoms with E-state index in [1.807, 2.05) is 0 Å². The van der Waals surface area contributed by atoms with Crippen molar-refractivity contribution in [3.63, 3.8) is 0 Å². The van der Waals surface area contributed by atoms with Crippen LogP contribution in [0.1, 0.15) is 33.5 Å². The van der Waals surface area contributed by atoms with Gasteiger partial charge in [-0.15, -0.1) is 0 Å². The van der Waals surface area contributed by atoms with Crippen LogP contribution in [0.25, 0.3) is 11.4 Å². The summed E-state index contributed by atoms with van der Waals surface area (Å²) >= 11 is 0. The van der Waals surface area contributed by atoms with E-state index < -0.39 is 17.4 Å². The van der Waals surface area contributed by atoms with Crippen LogP contribution in [0.4, 0.5) is 0 Å². The number of nitrogens with one attached hydrogen (secondary N) is 1. The highest BCUT2D eigenvalue weighted by molar-refractivity contribution is 6.05.